The number of anilines is 2. The van der Waals surface area contributed by atoms with Crippen molar-refractivity contribution in [1.82, 2.24) is 0 Å². The molecule has 0 atom stereocenters. The molecule has 5 heteroatoms. The SMILES string of the molecule is CN(C)c1ccc(Br)cc1NC(=O)C1(N)CCC1. The maximum Gasteiger partial charge on any atom is 0.244 e. The molecule has 1 aromatic rings. The normalized spacial score (nSPS) is 16.9. The van der Waals surface area contributed by atoms with E-state index in [2.05, 4.69) is 21.2 Å². The van der Waals surface area contributed by atoms with E-state index in [1.165, 1.54) is 0 Å². The van der Waals surface area contributed by atoms with E-state index < -0.39 is 5.54 Å². The van der Waals surface area contributed by atoms with Crippen LogP contribution in [0.15, 0.2) is 22.7 Å². The van der Waals surface area contributed by atoms with Gasteiger partial charge in [-0.15, -0.1) is 0 Å². The third kappa shape index (κ3) is 2.52. The topological polar surface area (TPSA) is 58.4 Å². The number of hydrogen-bond donors (Lipinski definition) is 2. The lowest BCUT2D eigenvalue weighted by Gasteiger charge is -2.36. The first-order chi connectivity index (χ1) is 8.42. The molecular formula is C13H18BrN3O. The molecule has 1 amide bonds. The van der Waals surface area contributed by atoms with E-state index in [0.717, 1.165) is 35.1 Å². The average molecular weight is 312 g/mol. The van der Waals surface area contributed by atoms with E-state index in [-0.39, 0.29) is 5.91 Å². The maximum atomic E-state index is 12.1. The van der Waals surface area contributed by atoms with Crippen LogP contribution in [-0.2, 0) is 4.79 Å². The summed E-state index contributed by atoms with van der Waals surface area (Å²) in [5, 5.41) is 2.94. The van der Waals surface area contributed by atoms with Gasteiger partial charge in [-0.05, 0) is 37.5 Å². The van der Waals surface area contributed by atoms with E-state index in [0.29, 0.717) is 0 Å². The first-order valence-corrected chi connectivity index (χ1v) is 6.79. The van der Waals surface area contributed by atoms with E-state index in [4.69, 9.17) is 5.73 Å². The molecule has 98 valence electrons. The highest BCUT2D eigenvalue weighted by atomic mass is 79.9. The van der Waals surface area contributed by atoms with Gasteiger partial charge in [0.25, 0.3) is 0 Å². The Kier molecular flexibility index (Phi) is 3.64. The molecule has 0 radical (unpaired) electrons. The first-order valence-electron chi connectivity index (χ1n) is 5.99. The molecule has 1 aliphatic carbocycles. The van der Waals surface area contributed by atoms with Gasteiger partial charge in [0, 0.05) is 18.6 Å². The van der Waals surface area contributed by atoms with Crippen molar-refractivity contribution in [2.75, 3.05) is 24.3 Å². The predicted octanol–water partition coefficient (Wildman–Crippen LogP) is 2.33. The summed E-state index contributed by atoms with van der Waals surface area (Å²) in [6.07, 6.45) is 2.57. The molecular weight excluding hydrogens is 294 g/mol. The fraction of sp³-hybridized carbons (Fsp3) is 0.462. The van der Waals surface area contributed by atoms with Gasteiger partial charge in [0.05, 0.1) is 16.9 Å². The minimum atomic E-state index is -0.675. The van der Waals surface area contributed by atoms with Crippen molar-refractivity contribution in [3.63, 3.8) is 0 Å². The van der Waals surface area contributed by atoms with Gasteiger partial charge in [-0.25, -0.2) is 0 Å². The zero-order valence-corrected chi connectivity index (χ0v) is 12.3. The summed E-state index contributed by atoms with van der Waals surface area (Å²) >= 11 is 3.42. The van der Waals surface area contributed by atoms with Crippen molar-refractivity contribution >= 4 is 33.2 Å². The van der Waals surface area contributed by atoms with Crippen LogP contribution in [0.4, 0.5) is 11.4 Å². The molecule has 0 heterocycles. The molecule has 1 fully saturated rings. The monoisotopic (exact) mass is 311 g/mol. The molecule has 18 heavy (non-hydrogen) atoms. The van der Waals surface area contributed by atoms with Gasteiger partial charge < -0.3 is 16.0 Å². The molecule has 0 bridgehead atoms. The lowest BCUT2D eigenvalue weighted by Crippen LogP contribution is -2.56. The van der Waals surface area contributed by atoms with Gasteiger partial charge in [0.15, 0.2) is 0 Å². The second-order valence-electron chi connectivity index (χ2n) is 5.02. The number of rotatable bonds is 3. The summed E-state index contributed by atoms with van der Waals surface area (Å²) in [7, 11) is 3.89. The van der Waals surface area contributed by atoms with Gasteiger partial charge in [-0.1, -0.05) is 15.9 Å². The number of nitrogens with one attached hydrogen (secondary N) is 1. The summed E-state index contributed by atoms with van der Waals surface area (Å²) < 4.78 is 0.933. The third-order valence-electron chi connectivity index (χ3n) is 3.39. The van der Waals surface area contributed by atoms with Gasteiger partial charge >= 0.3 is 0 Å². The molecule has 0 spiro atoms. The highest BCUT2D eigenvalue weighted by Crippen LogP contribution is 2.33. The number of amides is 1. The van der Waals surface area contributed by atoms with Crippen molar-refractivity contribution in [1.29, 1.82) is 0 Å². The second-order valence-corrected chi connectivity index (χ2v) is 5.94. The van der Waals surface area contributed by atoms with Crippen LogP contribution in [0.1, 0.15) is 19.3 Å². The first kappa shape index (κ1) is 13.4. The Bertz CT molecular complexity index is 469. The lowest BCUT2D eigenvalue weighted by atomic mass is 9.77. The molecule has 1 aliphatic rings. The quantitative estimate of drug-likeness (QED) is 0.900. The largest absolute Gasteiger partial charge is 0.376 e. The Balaban J connectivity index is 2.22. The summed E-state index contributed by atoms with van der Waals surface area (Å²) in [4.78, 5) is 14.1. The predicted molar refractivity (Wildman–Crippen MR) is 77.9 cm³/mol. The van der Waals surface area contributed by atoms with Gasteiger partial charge in [0.1, 0.15) is 0 Å². The molecule has 1 aromatic carbocycles. The molecule has 0 aliphatic heterocycles. The lowest BCUT2D eigenvalue weighted by molar-refractivity contribution is -0.123. The second kappa shape index (κ2) is 4.90. The molecule has 0 aromatic heterocycles. The molecule has 2 rings (SSSR count). The van der Waals surface area contributed by atoms with Crippen LogP contribution in [0.3, 0.4) is 0 Å². The minimum Gasteiger partial charge on any atom is -0.376 e. The van der Waals surface area contributed by atoms with E-state index in [1.807, 2.05) is 37.2 Å². The fourth-order valence-corrected chi connectivity index (χ4v) is 2.39. The smallest absolute Gasteiger partial charge is 0.244 e. The van der Waals surface area contributed by atoms with Crippen LogP contribution in [0, 0.1) is 0 Å². The summed E-state index contributed by atoms with van der Waals surface area (Å²) in [5.41, 5.74) is 7.10. The van der Waals surface area contributed by atoms with E-state index >= 15 is 0 Å². The van der Waals surface area contributed by atoms with Crippen LogP contribution in [0.25, 0.3) is 0 Å². The fourth-order valence-electron chi connectivity index (χ4n) is 2.03. The van der Waals surface area contributed by atoms with Gasteiger partial charge in [-0.3, -0.25) is 4.79 Å². The Morgan fingerprint density at radius 2 is 2.11 bits per heavy atom. The number of carbonyl (C=O) groups is 1. The van der Waals surface area contributed by atoms with Gasteiger partial charge in [0.2, 0.25) is 5.91 Å². The van der Waals surface area contributed by atoms with E-state index in [9.17, 15) is 4.79 Å². The van der Waals surface area contributed by atoms with Crippen LogP contribution in [-0.4, -0.2) is 25.5 Å². The zero-order valence-electron chi connectivity index (χ0n) is 10.7. The standard InChI is InChI=1S/C13H18BrN3O/c1-17(2)11-5-4-9(14)8-10(11)16-12(18)13(15)6-3-7-13/h4-5,8H,3,6-7,15H2,1-2H3,(H,16,18). The van der Waals surface area contributed by atoms with Crippen LogP contribution >= 0.6 is 15.9 Å². The molecule has 0 saturated heterocycles. The minimum absolute atomic E-state index is 0.0880. The Morgan fingerprint density at radius 1 is 1.44 bits per heavy atom. The van der Waals surface area contributed by atoms with Crippen molar-refractivity contribution in [2.24, 2.45) is 5.73 Å². The molecule has 3 N–H and O–H groups in total. The number of benzene rings is 1. The Labute approximate surface area is 116 Å². The number of nitrogens with zero attached hydrogens (tertiary/aromatic N) is 1. The molecule has 4 nitrogen and oxygen atoms in total. The molecule has 0 unspecified atom stereocenters. The van der Waals surface area contributed by atoms with Crippen LogP contribution < -0.4 is 16.0 Å². The highest BCUT2D eigenvalue weighted by Gasteiger charge is 2.40. The van der Waals surface area contributed by atoms with Crippen molar-refractivity contribution < 1.29 is 4.79 Å². The third-order valence-corrected chi connectivity index (χ3v) is 3.88. The maximum absolute atomic E-state index is 12.1. The number of halogens is 1. The summed E-state index contributed by atoms with van der Waals surface area (Å²) in [6, 6.07) is 5.81. The number of nitrogens with two attached hydrogens (primary N) is 1. The van der Waals surface area contributed by atoms with Gasteiger partial charge in [-0.2, -0.15) is 0 Å². The summed E-state index contributed by atoms with van der Waals surface area (Å²) in [5.74, 6) is -0.0880. The van der Waals surface area contributed by atoms with Crippen LogP contribution in [0.5, 0.6) is 0 Å². The average Bonchev–Trinajstić information content (AvgIpc) is 2.25. The molecule has 1 saturated carbocycles. The van der Waals surface area contributed by atoms with Crippen molar-refractivity contribution in [2.45, 2.75) is 24.8 Å². The van der Waals surface area contributed by atoms with E-state index in [1.54, 1.807) is 0 Å². The number of carbonyl (C=O) groups excluding carboxylic acids is 1. The zero-order chi connectivity index (χ0) is 13.3. The van der Waals surface area contributed by atoms with Crippen molar-refractivity contribution in [3.05, 3.63) is 22.7 Å². The Hall–Kier alpha value is -1.07. The van der Waals surface area contributed by atoms with Crippen LogP contribution in [0.2, 0.25) is 0 Å². The van der Waals surface area contributed by atoms with Crippen molar-refractivity contribution in [3.8, 4) is 0 Å². The number of hydrogen-bond acceptors (Lipinski definition) is 3. The highest BCUT2D eigenvalue weighted by molar-refractivity contribution is 9.10. The summed E-state index contributed by atoms with van der Waals surface area (Å²) in [6.45, 7) is 0. The Morgan fingerprint density at radius 3 is 2.61 bits per heavy atom.